The Balaban J connectivity index is 2.40. The van der Waals surface area contributed by atoms with Crippen LogP contribution in [0.5, 0.6) is 0 Å². The van der Waals surface area contributed by atoms with Gasteiger partial charge in [0.25, 0.3) is 0 Å². The first-order chi connectivity index (χ1) is 7.24. The van der Waals surface area contributed by atoms with Crippen LogP contribution in [0.4, 0.5) is 0 Å². The summed E-state index contributed by atoms with van der Waals surface area (Å²) < 4.78 is 0. The predicted molar refractivity (Wildman–Crippen MR) is 62.3 cm³/mol. The van der Waals surface area contributed by atoms with Gasteiger partial charge in [-0.3, -0.25) is 4.79 Å². The van der Waals surface area contributed by atoms with Gasteiger partial charge < -0.3 is 0 Å². The standard InChI is InChI=1S/C12H16ClNO/c1-2-3-4-5-6-11(15)10-7-8-14-12(13)9-10/h7-9H,2-6H2,1H3. The molecule has 0 atom stereocenters. The number of pyridine rings is 1. The van der Waals surface area contributed by atoms with Crippen LogP contribution in [0.1, 0.15) is 49.4 Å². The molecule has 0 amide bonds. The Morgan fingerprint density at radius 2 is 2.20 bits per heavy atom. The molecule has 0 aliphatic heterocycles. The fraction of sp³-hybridized carbons (Fsp3) is 0.500. The summed E-state index contributed by atoms with van der Waals surface area (Å²) in [6.45, 7) is 2.16. The lowest BCUT2D eigenvalue weighted by Gasteiger charge is -2.00. The van der Waals surface area contributed by atoms with Crippen LogP contribution in [0.25, 0.3) is 0 Å². The summed E-state index contributed by atoms with van der Waals surface area (Å²) in [4.78, 5) is 15.5. The molecular weight excluding hydrogens is 210 g/mol. The van der Waals surface area contributed by atoms with E-state index in [0.717, 1.165) is 12.8 Å². The molecule has 0 spiro atoms. The van der Waals surface area contributed by atoms with Gasteiger partial charge in [0.2, 0.25) is 0 Å². The highest BCUT2D eigenvalue weighted by Gasteiger charge is 2.05. The van der Waals surface area contributed by atoms with Crippen molar-refractivity contribution < 1.29 is 4.79 Å². The van der Waals surface area contributed by atoms with E-state index in [0.29, 0.717) is 17.1 Å². The third kappa shape index (κ3) is 4.43. The number of carbonyl (C=O) groups is 1. The molecule has 0 aromatic carbocycles. The summed E-state index contributed by atoms with van der Waals surface area (Å²) in [5.41, 5.74) is 0.673. The molecule has 1 aromatic rings. The van der Waals surface area contributed by atoms with Gasteiger partial charge in [0, 0.05) is 18.2 Å². The Hall–Kier alpha value is -0.890. The highest BCUT2D eigenvalue weighted by atomic mass is 35.5. The molecule has 2 nitrogen and oxygen atoms in total. The summed E-state index contributed by atoms with van der Waals surface area (Å²) in [6, 6.07) is 3.34. The van der Waals surface area contributed by atoms with Crippen LogP contribution in [0, 0.1) is 0 Å². The maximum absolute atomic E-state index is 11.7. The van der Waals surface area contributed by atoms with Crippen LogP contribution in [-0.4, -0.2) is 10.8 Å². The minimum Gasteiger partial charge on any atom is -0.294 e. The van der Waals surface area contributed by atoms with Gasteiger partial charge in [-0.2, -0.15) is 0 Å². The van der Waals surface area contributed by atoms with E-state index in [1.54, 1.807) is 18.3 Å². The van der Waals surface area contributed by atoms with Crippen LogP contribution < -0.4 is 0 Å². The van der Waals surface area contributed by atoms with Crippen LogP contribution in [0.2, 0.25) is 5.15 Å². The first-order valence-corrected chi connectivity index (χ1v) is 5.76. The van der Waals surface area contributed by atoms with Crippen LogP contribution in [0.3, 0.4) is 0 Å². The summed E-state index contributed by atoms with van der Waals surface area (Å²) >= 11 is 5.71. The van der Waals surface area contributed by atoms with E-state index in [9.17, 15) is 4.79 Å². The van der Waals surface area contributed by atoms with E-state index in [4.69, 9.17) is 11.6 Å². The molecule has 82 valence electrons. The minimum absolute atomic E-state index is 0.162. The molecule has 15 heavy (non-hydrogen) atoms. The molecule has 0 aliphatic carbocycles. The monoisotopic (exact) mass is 225 g/mol. The molecule has 0 aliphatic rings. The third-order valence-electron chi connectivity index (χ3n) is 2.31. The summed E-state index contributed by atoms with van der Waals surface area (Å²) in [5, 5.41) is 0.384. The molecule has 3 heteroatoms. The molecule has 1 aromatic heterocycles. The number of Topliss-reactive ketones (excluding diaryl/α,β-unsaturated/α-hetero) is 1. The zero-order valence-corrected chi connectivity index (χ0v) is 9.76. The lowest BCUT2D eigenvalue weighted by atomic mass is 10.1. The summed E-state index contributed by atoms with van der Waals surface area (Å²) in [7, 11) is 0. The van der Waals surface area contributed by atoms with Crippen molar-refractivity contribution in [1.82, 2.24) is 4.98 Å². The summed E-state index contributed by atoms with van der Waals surface area (Å²) in [5.74, 6) is 0.162. The first-order valence-electron chi connectivity index (χ1n) is 5.38. The van der Waals surface area contributed by atoms with E-state index >= 15 is 0 Å². The Morgan fingerprint density at radius 3 is 2.87 bits per heavy atom. The van der Waals surface area contributed by atoms with Crippen molar-refractivity contribution in [1.29, 1.82) is 0 Å². The number of unbranched alkanes of at least 4 members (excludes halogenated alkanes) is 3. The largest absolute Gasteiger partial charge is 0.294 e. The lowest BCUT2D eigenvalue weighted by molar-refractivity contribution is 0.0979. The maximum atomic E-state index is 11.7. The van der Waals surface area contributed by atoms with Crippen molar-refractivity contribution in [3.8, 4) is 0 Å². The SMILES string of the molecule is CCCCCCC(=O)c1ccnc(Cl)c1. The molecule has 0 saturated heterocycles. The lowest BCUT2D eigenvalue weighted by Crippen LogP contribution is -1.99. The van der Waals surface area contributed by atoms with Crippen LogP contribution in [0.15, 0.2) is 18.3 Å². The first kappa shape index (κ1) is 12.2. The number of ketones is 1. The number of halogens is 1. The van der Waals surface area contributed by atoms with E-state index in [2.05, 4.69) is 11.9 Å². The zero-order valence-electron chi connectivity index (χ0n) is 9.00. The van der Waals surface area contributed by atoms with Gasteiger partial charge in [0.1, 0.15) is 5.15 Å². The molecule has 0 bridgehead atoms. The van der Waals surface area contributed by atoms with Gasteiger partial charge in [-0.1, -0.05) is 37.8 Å². The average molecular weight is 226 g/mol. The Kier molecular flexibility index (Phi) is 5.33. The van der Waals surface area contributed by atoms with Gasteiger partial charge in [-0.25, -0.2) is 4.98 Å². The van der Waals surface area contributed by atoms with Crippen molar-refractivity contribution in [2.75, 3.05) is 0 Å². The van der Waals surface area contributed by atoms with Crippen molar-refractivity contribution in [3.63, 3.8) is 0 Å². The van der Waals surface area contributed by atoms with Crippen molar-refractivity contribution in [3.05, 3.63) is 29.0 Å². The number of nitrogens with zero attached hydrogens (tertiary/aromatic N) is 1. The molecule has 1 rings (SSSR count). The van der Waals surface area contributed by atoms with Gasteiger partial charge in [-0.05, 0) is 18.6 Å². The smallest absolute Gasteiger partial charge is 0.163 e. The predicted octanol–water partition coefficient (Wildman–Crippen LogP) is 3.89. The molecular formula is C12H16ClNO. The maximum Gasteiger partial charge on any atom is 0.163 e. The molecule has 0 fully saturated rings. The second-order valence-electron chi connectivity index (χ2n) is 3.60. The second-order valence-corrected chi connectivity index (χ2v) is 3.99. The van der Waals surface area contributed by atoms with Gasteiger partial charge in [0.15, 0.2) is 5.78 Å². The molecule has 0 saturated carbocycles. The zero-order chi connectivity index (χ0) is 11.1. The number of aromatic nitrogens is 1. The van der Waals surface area contributed by atoms with Crippen molar-refractivity contribution >= 4 is 17.4 Å². The van der Waals surface area contributed by atoms with E-state index < -0.39 is 0 Å². The number of carbonyl (C=O) groups excluding carboxylic acids is 1. The Bertz CT molecular complexity index is 325. The molecule has 0 N–H and O–H groups in total. The average Bonchev–Trinajstić information content (AvgIpc) is 2.24. The Morgan fingerprint density at radius 1 is 1.40 bits per heavy atom. The van der Waals surface area contributed by atoms with Gasteiger partial charge >= 0.3 is 0 Å². The minimum atomic E-state index is 0.162. The van der Waals surface area contributed by atoms with Crippen LogP contribution in [-0.2, 0) is 0 Å². The molecule has 0 unspecified atom stereocenters. The van der Waals surface area contributed by atoms with E-state index in [1.165, 1.54) is 12.8 Å². The quantitative estimate of drug-likeness (QED) is 0.418. The molecule has 0 radical (unpaired) electrons. The number of hydrogen-bond donors (Lipinski definition) is 0. The van der Waals surface area contributed by atoms with Crippen molar-refractivity contribution in [2.45, 2.75) is 39.0 Å². The van der Waals surface area contributed by atoms with E-state index in [1.807, 2.05) is 0 Å². The fourth-order valence-corrected chi connectivity index (χ4v) is 1.61. The Labute approximate surface area is 95.7 Å². The second kappa shape index (κ2) is 6.57. The number of rotatable bonds is 6. The topological polar surface area (TPSA) is 30.0 Å². The fourth-order valence-electron chi connectivity index (χ4n) is 1.43. The van der Waals surface area contributed by atoms with Gasteiger partial charge in [-0.15, -0.1) is 0 Å². The normalized spacial score (nSPS) is 10.3. The highest BCUT2D eigenvalue weighted by molar-refractivity contribution is 6.29. The summed E-state index contributed by atoms with van der Waals surface area (Å²) in [6.07, 6.45) is 6.66. The highest BCUT2D eigenvalue weighted by Crippen LogP contribution is 2.12. The van der Waals surface area contributed by atoms with E-state index in [-0.39, 0.29) is 5.78 Å². The van der Waals surface area contributed by atoms with Crippen LogP contribution >= 0.6 is 11.6 Å². The van der Waals surface area contributed by atoms with Gasteiger partial charge in [0.05, 0.1) is 0 Å². The van der Waals surface area contributed by atoms with Crippen molar-refractivity contribution in [2.24, 2.45) is 0 Å². The molecule has 1 heterocycles. The third-order valence-corrected chi connectivity index (χ3v) is 2.51. The number of hydrogen-bond acceptors (Lipinski definition) is 2.